The molecule has 0 fully saturated rings. The summed E-state index contributed by atoms with van der Waals surface area (Å²) in [5.41, 5.74) is 4.82. The van der Waals surface area contributed by atoms with Gasteiger partial charge in [-0.1, -0.05) is 55.2 Å². The first-order chi connectivity index (χ1) is 17.7. The van der Waals surface area contributed by atoms with Gasteiger partial charge in [-0.2, -0.15) is 10.4 Å². The second-order valence-corrected chi connectivity index (χ2v) is 9.97. The van der Waals surface area contributed by atoms with Gasteiger partial charge in [0.05, 0.1) is 32.4 Å². The summed E-state index contributed by atoms with van der Waals surface area (Å²) in [4.78, 5) is 25.3. The van der Waals surface area contributed by atoms with Gasteiger partial charge in [0, 0.05) is 11.1 Å². The maximum atomic E-state index is 12.7. The summed E-state index contributed by atoms with van der Waals surface area (Å²) in [7, 11) is 0. The zero-order valence-corrected chi connectivity index (χ0v) is 23.1. The molecule has 7 nitrogen and oxygen atoms in total. The van der Waals surface area contributed by atoms with Gasteiger partial charge >= 0.3 is 0 Å². The van der Waals surface area contributed by atoms with Gasteiger partial charge in [-0.3, -0.25) is 9.59 Å². The summed E-state index contributed by atoms with van der Waals surface area (Å²) in [5, 5.41) is 16.5. The second kappa shape index (κ2) is 13.2. The Balaban J connectivity index is 1.60. The molecule has 0 radical (unpaired) electrons. The molecule has 37 heavy (non-hydrogen) atoms. The lowest BCUT2D eigenvalue weighted by Gasteiger charge is -2.20. The fourth-order valence-corrected chi connectivity index (χ4v) is 4.07. The summed E-state index contributed by atoms with van der Waals surface area (Å²) < 4.78 is 6.53. The number of hydrogen-bond acceptors (Lipinski definition) is 5. The van der Waals surface area contributed by atoms with Gasteiger partial charge in [-0.05, 0) is 69.9 Å². The molecule has 0 aliphatic carbocycles. The molecule has 0 aliphatic rings. The predicted molar refractivity (Wildman–Crippen MR) is 148 cm³/mol. The fraction of sp³-hybridized carbons (Fsp3) is 0.185. The standard InChI is InChI=1S/C27H23BrCl2N4O3/c1-16(2)25(33-26(35)18-8-9-22(29)23(30)12-18)27(36)34-32-14-17-7-10-24(21(28)11-17)37-15-20-6-4-3-5-19(20)13-31/h3-12,14,16,25H,15H2,1-2H3,(H,33,35)(H,34,36)/b32-14+. The normalized spacial score (nSPS) is 11.7. The van der Waals surface area contributed by atoms with Crippen LogP contribution in [0.3, 0.4) is 0 Å². The number of benzene rings is 3. The monoisotopic (exact) mass is 600 g/mol. The van der Waals surface area contributed by atoms with E-state index in [0.717, 1.165) is 5.56 Å². The number of halogens is 3. The number of carbonyl (C=O) groups excluding carboxylic acids is 2. The molecule has 0 aliphatic heterocycles. The lowest BCUT2D eigenvalue weighted by atomic mass is 10.0. The maximum Gasteiger partial charge on any atom is 0.262 e. The average Bonchev–Trinajstić information content (AvgIpc) is 2.88. The van der Waals surface area contributed by atoms with Gasteiger partial charge in [0.25, 0.3) is 11.8 Å². The Morgan fingerprint density at radius 3 is 2.54 bits per heavy atom. The Kier molecular flexibility index (Phi) is 10.1. The van der Waals surface area contributed by atoms with Gasteiger partial charge in [0.15, 0.2) is 0 Å². The Hall–Kier alpha value is -3.38. The van der Waals surface area contributed by atoms with Crippen LogP contribution in [-0.4, -0.2) is 24.1 Å². The van der Waals surface area contributed by atoms with Gasteiger partial charge < -0.3 is 10.1 Å². The number of nitrogens with zero attached hydrogens (tertiary/aromatic N) is 2. The van der Waals surface area contributed by atoms with Crippen molar-refractivity contribution in [3.63, 3.8) is 0 Å². The smallest absolute Gasteiger partial charge is 0.262 e. The van der Waals surface area contributed by atoms with Gasteiger partial charge in [0.2, 0.25) is 0 Å². The molecule has 3 aromatic carbocycles. The van der Waals surface area contributed by atoms with E-state index in [-0.39, 0.29) is 17.5 Å². The number of ether oxygens (including phenoxy) is 1. The Morgan fingerprint density at radius 1 is 1.11 bits per heavy atom. The molecule has 0 saturated carbocycles. The molecule has 2 amide bonds. The van der Waals surface area contributed by atoms with Crippen LogP contribution in [0.25, 0.3) is 0 Å². The van der Waals surface area contributed by atoms with Crippen molar-refractivity contribution in [1.82, 2.24) is 10.7 Å². The highest BCUT2D eigenvalue weighted by molar-refractivity contribution is 9.10. The number of rotatable bonds is 9. The van der Waals surface area contributed by atoms with Gasteiger partial charge in [-0.15, -0.1) is 0 Å². The number of carbonyl (C=O) groups is 2. The third-order valence-electron chi connectivity index (χ3n) is 5.28. The Labute approximate surface area is 233 Å². The Morgan fingerprint density at radius 2 is 1.86 bits per heavy atom. The number of nitrogens with one attached hydrogen (secondary N) is 2. The number of amides is 2. The zero-order chi connectivity index (χ0) is 26.9. The first kappa shape index (κ1) is 28.2. The van der Waals surface area contributed by atoms with Crippen LogP contribution in [0.1, 0.15) is 40.9 Å². The van der Waals surface area contributed by atoms with E-state index < -0.39 is 17.9 Å². The molecule has 2 N–H and O–H groups in total. The van der Waals surface area contributed by atoms with Crippen LogP contribution in [0.15, 0.2) is 70.2 Å². The van der Waals surface area contributed by atoms with Crippen LogP contribution in [0.5, 0.6) is 5.75 Å². The van der Waals surface area contributed by atoms with E-state index in [0.29, 0.717) is 31.9 Å². The van der Waals surface area contributed by atoms with Crippen LogP contribution in [0, 0.1) is 17.2 Å². The van der Waals surface area contributed by atoms with Crippen LogP contribution >= 0.6 is 39.1 Å². The summed E-state index contributed by atoms with van der Waals surface area (Å²) in [5.74, 6) is -0.513. The quantitative estimate of drug-likeness (QED) is 0.228. The molecule has 0 heterocycles. The van der Waals surface area contributed by atoms with Crippen molar-refractivity contribution in [3.05, 3.63) is 97.4 Å². The highest BCUT2D eigenvalue weighted by Gasteiger charge is 2.24. The summed E-state index contributed by atoms with van der Waals surface area (Å²) in [6, 6.07) is 18.4. The van der Waals surface area contributed by atoms with E-state index in [1.807, 2.05) is 26.0 Å². The van der Waals surface area contributed by atoms with Crippen LogP contribution in [0.2, 0.25) is 10.0 Å². The lowest BCUT2D eigenvalue weighted by Crippen LogP contribution is -2.48. The zero-order valence-electron chi connectivity index (χ0n) is 20.0. The Bertz CT molecular complexity index is 1370. The molecule has 0 saturated heterocycles. The highest BCUT2D eigenvalue weighted by Crippen LogP contribution is 2.27. The molecule has 1 atom stereocenters. The summed E-state index contributed by atoms with van der Waals surface area (Å²) in [6.45, 7) is 3.87. The fourth-order valence-electron chi connectivity index (χ4n) is 3.26. The molecule has 0 aromatic heterocycles. The van der Waals surface area contributed by atoms with Crippen molar-refractivity contribution in [2.75, 3.05) is 0 Å². The largest absolute Gasteiger partial charge is 0.488 e. The van der Waals surface area contributed by atoms with Crippen molar-refractivity contribution in [1.29, 1.82) is 5.26 Å². The predicted octanol–water partition coefficient (Wildman–Crippen LogP) is 6.11. The van der Waals surface area contributed by atoms with E-state index in [1.165, 1.54) is 24.4 Å². The minimum Gasteiger partial charge on any atom is -0.488 e. The van der Waals surface area contributed by atoms with Gasteiger partial charge in [-0.25, -0.2) is 5.43 Å². The first-order valence-corrected chi connectivity index (χ1v) is 12.7. The van der Waals surface area contributed by atoms with Crippen molar-refractivity contribution in [3.8, 4) is 11.8 Å². The summed E-state index contributed by atoms with van der Waals surface area (Å²) >= 11 is 15.4. The van der Waals surface area contributed by atoms with Crippen LogP contribution < -0.4 is 15.5 Å². The third kappa shape index (κ3) is 7.80. The number of nitriles is 1. The molecule has 1 unspecified atom stereocenters. The molecular weight excluding hydrogens is 579 g/mol. The van der Waals surface area contributed by atoms with Crippen molar-refractivity contribution in [2.24, 2.45) is 11.0 Å². The molecule has 0 bridgehead atoms. The molecule has 0 spiro atoms. The SMILES string of the molecule is CC(C)C(NC(=O)c1ccc(Cl)c(Cl)c1)C(=O)N/N=C/c1ccc(OCc2ccccc2C#N)c(Br)c1. The molecule has 190 valence electrons. The molecule has 10 heteroatoms. The van der Waals surface area contributed by atoms with E-state index in [2.05, 4.69) is 37.8 Å². The minimum absolute atomic E-state index is 0.196. The average molecular weight is 602 g/mol. The van der Waals surface area contributed by atoms with Crippen molar-refractivity contribution >= 4 is 57.2 Å². The number of hydrazone groups is 1. The van der Waals surface area contributed by atoms with E-state index >= 15 is 0 Å². The molecule has 3 rings (SSSR count). The number of hydrogen-bond donors (Lipinski definition) is 2. The second-order valence-electron chi connectivity index (χ2n) is 8.31. The van der Waals surface area contributed by atoms with Crippen molar-refractivity contribution < 1.29 is 14.3 Å². The van der Waals surface area contributed by atoms with Crippen molar-refractivity contribution in [2.45, 2.75) is 26.5 Å². The first-order valence-electron chi connectivity index (χ1n) is 11.2. The maximum absolute atomic E-state index is 12.7. The molecular formula is C27H23BrCl2N4O3. The van der Waals surface area contributed by atoms with Gasteiger partial charge in [0.1, 0.15) is 18.4 Å². The topological polar surface area (TPSA) is 104 Å². The third-order valence-corrected chi connectivity index (χ3v) is 6.64. The summed E-state index contributed by atoms with van der Waals surface area (Å²) in [6.07, 6.45) is 1.48. The van der Waals surface area contributed by atoms with Crippen LogP contribution in [0.4, 0.5) is 0 Å². The van der Waals surface area contributed by atoms with E-state index in [1.54, 1.807) is 30.3 Å². The highest BCUT2D eigenvalue weighted by atomic mass is 79.9. The van der Waals surface area contributed by atoms with Crippen LogP contribution in [-0.2, 0) is 11.4 Å². The minimum atomic E-state index is -0.821. The van der Waals surface area contributed by atoms with E-state index in [4.69, 9.17) is 27.9 Å². The lowest BCUT2D eigenvalue weighted by molar-refractivity contribution is -0.123. The molecule has 3 aromatic rings. The van der Waals surface area contributed by atoms with E-state index in [9.17, 15) is 14.9 Å².